The molecular formula is C39H57ClN2O15. The van der Waals surface area contributed by atoms with Gasteiger partial charge in [0.1, 0.15) is 11.2 Å². The summed E-state index contributed by atoms with van der Waals surface area (Å²) < 4.78 is 64.1. The fraction of sp³-hybridized carbons (Fsp3) is 0.769. The van der Waals surface area contributed by atoms with Crippen molar-refractivity contribution >= 4 is 23.5 Å². The van der Waals surface area contributed by atoms with E-state index in [-0.39, 0.29) is 91.1 Å². The third-order valence-electron chi connectivity index (χ3n) is 14.5. The zero-order valence-electron chi connectivity index (χ0n) is 33.5. The van der Waals surface area contributed by atoms with E-state index < -0.39 is 56.3 Å². The number of methoxy groups -OCH3 is 4. The summed E-state index contributed by atoms with van der Waals surface area (Å²) in [5.74, 6) is -2.47. The molecule has 7 bridgehead atoms. The van der Waals surface area contributed by atoms with E-state index in [4.69, 9.17) is 47.4 Å². The van der Waals surface area contributed by atoms with Crippen LogP contribution in [0.2, 0.25) is 0 Å². The number of carbonyl (C=O) groups excluding carboxylic acids is 3. The Kier molecular flexibility index (Phi) is 12.3. The molecule has 1 aromatic rings. The van der Waals surface area contributed by atoms with Crippen molar-refractivity contribution in [2.24, 2.45) is 40.4 Å². The standard InChI is InChI=1S/C37H50N2O10.C2H6O.ClHO4/c1-7-38-17-34(18-49-32(42)20-10-8-9-11-23(20)39-26(40)14-19(2)31(39)41)13-12-25(46-4)36-22-15-21-24(45-3)16-35(43,27(22)28(21)47-5)37(44,33(36)38)30(48-6)29(34)36;1-2-3;2-1(3,4)5/h8-11,19,21-22,24-25,27-30,33,43-44H,7,12-18H2,1-6H3;3H,2H2,1H3;(H,2,3,4,5)/t19?,21-,22?,24+,25+,27?,28+,29?,30+,33+,34+,35-,36+,37+;;/m1../s1. The molecule has 0 aromatic heterocycles. The fourth-order valence-electron chi connectivity index (χ4n) is 13.2. The minimum atomic E-state index is -4.69. The van der Waals surface area contributed by atoms with E-state index in [2.05, 4.69) is 11.8 Å². The number of rotatable bonds is 9. The van der Waals surface area contributed by atoms with Crippen molar-refractivity contribution in [3.05, 3.63) is 29.8 Å². The first-order chi connectivity index (χ1) is 26.9. The Balaban J connectivity index is 0.000000630. The van der Waals surface area contributed by atoms with Crippen molar-refractivity contribution in [1.82, 2.24) is 4.90 Å². The third-order valence-corrected chi connectivity index (χ3v) is 14.5. The van der Waals surface area contributed by atoms with Crippen molar-refractivity contribution in [1.29, 1.82) is 0 Å². The molecule has 17 nitrogen and oxygen atoms in total. The number of piperidine rings is 1. The van der Waals surface area contributed by atoms with Crippen molar-refractivity contribution in [2.45, 2.75) is 94.5 Å². The van der Waals surface area contributed by atoms with Crippen LogP contribution in [-0.4, -0.2) is 139 Å². The second-order valence-corrected chi connectivity index (χ2v) is 17.5. The Bertz CT molecular complexity index is 1680. The molecule has 18 heteroatoms. The van der Waals surface area contributed by atoms with Gasteiger partial charge in [0, 0.05) is 88.9 Å². The maximum atomic E-state index is 14.1. The summed E-state index contributed by atoms with van der Waals surface area (Å²) in [7, 11) is 2.01. The molecule has 4 unspecified atom stereocenters. The summed E-state index contributed by atoms with van der Waals surface area (Å²) in [6.45, 7) is 6.88. The number of likely N-dealkylation sites (N-methyl/N-ethyl adjacent to an activating group) is 1. The monoisotopic (exact) mass is 828 g/mol. The van der Waals surface area contributed by atoms with Gasteiger partial charge >= 0.3 is 5.97 Å². The van der Waals surface area contributed by atoms with Crippen LogP contribution in [0.3, 0.4) is 0 Å². The topological polar surface area (TPSA) is 254 Å². The van der Waals surface area contributed by atoms with Gasteiger partial charge in [0.25, 0.3) is 0 Å². The van der Waals surface area contributed by atoms with Crippen LogP contribution in [0.4, 0.5) is 5.69 Å². The summed E-state index contributed by atoms with van der Waals surface area (Å²) >= 11 is 0. The Morgan fingerprint density at radius 1 is 1.02 bits per heavy atom. The number of nitrogens with zero attached hydrogens (tertiary/aromatic N) is 2. The van der Waals surface area contributed by atoms with Crippen LogP contribution in [0, 0.1) is 50.7 Å². The normalized spacial score (nSPS) is 42.6. The number of amides is 2. The molecule has 320 valence electrons. The number of ether oxygens (including phenoxy) is 5. The molecule has 4 N–H and O–H groups in total. The Labute approximate surface area is 334 Å². The molecule has 2 saturated heterocycles. The highest BCUT2D eigenvalue weighted by atomic mass is 35.7. The van der Waals surface area contributed by atoms with Crippen molar-refractivity contribution in [3.63, 3.8) is 0 Å². The summed E-state index contributed by atoms with van der Waals surface area (Å²) in [4.78, 5) is 43.3. The van der Waals surface area contributed by atoms with E-state index in [9.17, 15) is 24.6 Å². The Hall–Kier alpha value is -2.36. The zero-order chi connectivity index (χ0) is 42.0. The Morgan fingerprint density at radius 2 is 1.67 bits per heavy atom. The maximum absolute atomic E-state index is 14.1. The second-order valence-electron chi connectivity index (χ2n) is 16.7. The fourth-order valence-corrected chi connectivity index (χ4v) is 13.2. The summed E-state index contributed by atoms with van der Waals surface area (Å²) in [6, 6.07) is 6.12. The first-order valence-electron chi connectivity index (χ1n) is 19.5. The summed E-state index contributed by atoms with van der Waals surface area (Å²) in [5, 5.41) is 34.2. The minimum Gasteiger partial charge on any atom is -0.461 e. The van der Waals surface area contributed by atoms with Crippen molar-refractivity contribution < 1.29 is 82.3 Å². The molecule has 2 heterocycles. The van der Waals surface area contributed by atoms with Crippen LogP contribution >= 0.6 is 0 Å². The largest absolute Gasteiger partial charge is 0.461 e. The third kappa shape index (κ3) is 6.39. The van der Waals surface area contributed by atoms with Gasteiger partial charge in [0.2, 0.25) is 11.8 Å². The minimum absolute atomic E-state index is 0.0358. The molecule has 5 aliphatic carbocycles. The lowest BCUT2D eigenvalue weighted by molar-refractivity contribution is -1.92. The average molecular weight is 829 g/mol. The van der Waals surface area contributed by atoms with Gasteiger partial charge in [-0.1, -0.05) is 26.0 Å². The molecule has 1 spiro atoms. The lowest BCUT2D eigenvalue weighted by Crippen LogP contribution is -2.82. The maximum Gasteiger partial charge on any atom is 0.340 e. The lowest BCUT2D eigenvalue weighted by Gasteiger charge is -2.70. The number of anilines is 1. The highest BCUT2D eigenvalue weighted by molar-refractivity contribution is 6.22. The summed E-state index contributed by atoms with van der Waals surface area (Å²) in [6.07, 6.45) is 0.813. The highest BCUT2D eigenvalue weighted by Gasteiger charge is 2.91. The number of fused-ring (bicyclic) bond motifs is 2. The average Bonchev–Trinajstić information content (AvgIpc) is 3.69. The summed E-state index contributed by atoms with van der Waals surface area (Å²) in [5.41, 5.74) is -4.17. The molecule has 2 aliphatic heterocycles. The van der Waals surface area contributed by atoms with Gasteiger partial charge in [-0.25, -0.2) is 9.69 Å². The number of aliphatic hydroxyl groups excluding tert-OH is 1. The van der Waals surface area contributed by atoms with Crippen LogP contribution < -0.4 is 18.9 Å². The van der Waals surface area contributed by atoms with Crippen LogP contribution in [0.5, 0.6) is 0 Å². The predicted octanol–water partition coefficient (Wildman–Crippen LogP) is -2.09. The zero-order valence-corrected chi connectivity index (χ0v) is 34.3. The number of carbonyl (C=O) groups is 3. The number of para-hydroxylation sites is 1. The number of hydrogen-bond donors (Lipinski definition) is 4. The lowest BCUT2D eigenvalue weighted by atomic mass is 9.42. The molecule has 2 amide bonds. The van der Waals surface area contributed by atoms with E-state index in [1.165, 1.54) is 0 Å². The van der Waals surface area contributed by atoms with Gasteiger partial charge in [-0.05, 0) is 50.8 Å². The number of imide groups is 1. The van der Waals surface area contributed by atoms with Crippen molar-refractivity contribution in [2.75, 3.05) is 59.6 Å². The number of esters is 1. The van der Waals surface area contributed by atoms with Crippen LogP contribution in [0.25, 0.3) is 0 Å². The van der Waals surface area contributed by atoms with Gasteiger partial charge in [-0.3, -0.25) is 14.5 Å². The SMILES string of the molecule is CCN1C[C@]2(COC(=O)c3ccccc3N3C(=O)CC(C)C3=O)CC[C@H](OC)[C@@]34C5C[C@@H]6[C@@H](OC)C[C@@](O)(C5[C@H]6OC)[C@](O)([C@@H](OC)C23)[C@@H]14.CCO.[O-][Cl+3]([O-])([O-])O. The van der Waals surface area contributed by atoms with E-state index in [1.54, 1.807) is 66.6 Å². The molecule has 8 rings (SSSR count). The molecule has 5 saturated carbocycles. The van der Waals surface area contributed by atoms with Gasteiger partial charge in [-0.15, -0.1) is 0 Å². The molecule has 7 aliphatic rings. The molecule has 14 atom stereocenters. The quantitative estimate of drug-likeness (QED) is 0.154. The van der Waals surface area contributed by atoms with Gasteiger partial charge in [0.15, 0.2) is 0 Å². The van der Waals surface area contributed by atoms with Gasteiger partial charge in [-0.2, -0.15) is 14.0 Å². The van der Waals surface area contributed by atoms with E-state index in [0.29, 0.717) is 25.9 Å². The second kappa shape index (κ2) is 15.9. The number of aliphatic hydroxyl groups is 3. The number of halogens is 1. The van der Waals surface area contributed by atoms with Gasteiger partial charge < -0.3 is 39.0 Å². The number of likely N-dealkylation sites (tertiary alicyclic amines) is 1. The van der Waals surface area contributed by atoms with E-state index in [1.807, 2.05) is 0 Å². The first kappa shape index (κ1) is 44.2. The first-order valence-corrected chi connectivity index (χ1v) is 20.8. The van der Waals surface area contributed by atoms with Crippen LogP contribution in [0.15, 0.2) is 24.3 Å². The van der Waals surface area contributed by atoms with E-state index >= 15 is 0 Å². The Morgan fingerprint density at radius 3 is 2.21 bits per heavy atom. The molecule has 1 aromatic carbocycles. The van der Waals surface area contributed by atoms with Crippen LogP contribution in [-0.2, 0) is 33.3 Å². The van der Waals surface area contributed by atoms with Gasteiger partial charge in [0.05, 0.1) is 63.2 Å². The number of hydrogen-bond acceptors (Lipinski definition) is 16. The molecular weight excluding hydrogens is 772 g/mol. The number of benzene rings is 1. The van der Waals surface area contributed by atoms with E-state index in [0.717, 1.165) is 11.3 Å². The van der Waals surface area contributed by atoms with Crippen LogP contribution in [0.1, 0.15) is 63.2 Å². The van der Waals surface area contributed by atoms with Crippen molar-refractivity contribution in [3.8, 4) is 0 Å². The predicted molar refractivity (Wildman–Crippen MR) is 189 cm³/mol. The highest BCUT2D eigenvalue weighted by Crippen LogP contribution is 2.80. The molecule has 57 heavy (non-hydrogen) atoms. The smallest absolute Gasteiger partial charge is 0.340 e. The molecule has 7 fully saturated rings. The molecule has 0 radical (unpaired) electrons.